The molecule has 0 atom stereocenters. The largest absolute Gasteiger partial charge is 0.355 e. The number of benzene rings is 2. The number of halogens is 1. The monoisotopic (exact) mass is 449 g/mol. The van der Waals surface area contributed by atoms with E-state index >= 15 is 0 Å². The number of nitriles is 1. The number of anilines is 1. The van der Waals surface area contributed by atoms with Gasteiger partial charge in [0.15, 0.2) is 5.65 Å². The molecule has 1 saturated heterocycles. The van der Waals surface area contributed by atoms with Gasteiger partial charge in [-0.2, -0.15) is 9.57 Å². The van der Waals surface area contributed by atoms with Gasteiger partial charge < -0.3 is 4.90 Å². The van der Waals surface area contributed by atoms with E-state index in [0.717, 1.165) is 28.5 Å². The molecule has 1 aliphatic heterocycles. The Bertz CT molecular complexity index is 1500. The Labute approximate surface area is 185 Å². The molecule has 0 saturated carbocycles. The van der Waals surface area contributed by atoms with E-state index < -0.39 is 15.8 Å². The highest BCUT2D eigenvalue weighted by Crippen LogP contribution is 2.30. The Morgan fingerprint density at radius 3 is 2.50 bits per heavy atom. The minimum absolute atomic E-state index is 0.0387. The third-order valence-corrected chi connectivity index (χ3v) is 7.76. The fourth-order valence-electron chi connectivity index (χ4n) is 4.24. The van der Waals surface area contributed by atoms with Gasteiger partial charge in [-0.25, -0.2) is 17.8 Å². The molecule has 1 aliphatic rings. The molecule has 0 radical (unpaired) electrons. The Morgan fingerprint density at radius 2 is 1.78 bits per heavy atom. The van der Waals surface area contributed by atoms with E-state index in [1.54, 1.807) is 0 Å². The lowest BCUT2D eigenvalue weighted by Gasteiger charge is -2.35. The fraction of sp³-hybridized carbons (Fsp3) is 0.217. The van der Waals surface area contributed by atoms with Crippen molar-refractivity contribution in [1.82, 2.24) is 13.7 Å². The number of hydrogen-bond acceptors (Lipinski definition) is 5. The van der Waals surface area contributed by atoms with E-state index in [9.17, 15) is 18.1 Å². The van der Waals surface area contributed by atoms with Crippen LogP contribution in [0.1, 0.15) is 11.1 Å². The van der Waals surface area contributed by atoms with E-state index in [2.05, 4.69) is 16.0 Å². The van der Waals surface area contributed by atoms with Gasteiger partial charge in [0.1, 0.15) is 17.7 Å². The molecular formula is C23H20FN5O2S. The summed E-state index contributed by atoms with van der Waals surface area (Å²) >= 11 is 0. The van der Waals surface area contributed by atoms with Crippen LogP contribution in [0, 0.1) is 24.1 Å². The molecule has 2 aromatic heterocycles. The molecular weight excluding hydrogens is 429 g/mol. The maximum Gasteiger partial charge on any atom is 0.243 e. The zero-order valence-electron chi connectivity index (χ0n) is 17.4. The predicted molar refractivity (Wildman–Crippen MR) is 120 cm³/mol. The summed E-state index contributed by atoms with van der Waals surface area (Å²) in [6.45, 7) is 3.34. The van der Waals surface area contributed by atoms with Crippen LogP contribution in [0.4, 0.5) is 10.2 Å². The second-order valence-corrected chi connectivity index (χ2v) is 9.72. The number of pyridine rings is 1. The normalized spacial score (nSPS) is 15.3. The van der Waals surface area contributed by atoms with Gasteiger partial charge in [-0.05, 0) is 48.9 Å². The minimum atomic E-state index is -3.77. The molecule has 0 spiro atoms. The first-order valence-corrected chi connectivity index (χ1v) is 11.7. The molecule has 2 aromatic carbocycles. The smallest absolute Gasteiger partial charge is 0.243 e. The van der Waals surface area contributed by atoms with Crippen molar-refractivity contribution >= 4 is 32.5 Å². The lowest BCUT2D eigenvalue weighted by atomic mass is 10.1. The van der Waals surface area contributed by atoms with E-state index in [1.165, 1.54) is 22.5 Å². The second-order valence-electron chi connectivity index (χ2n) is 7.78. The van der Waals surface area contributed by atoms with Gasteiger partial charge in [-0.3, -0.25) is 4.40 Å². The number of imidazole rings is 1. The molecule has 32 heavy (non-hydrogen) atoms. The first kappa shape index (κ1) is 20.4. The summed E-state index contributed by atoms with van der Waals surface area (Å²) in [6.07, 6.45) is 0. The maximum absolute atomic E-state index is 13.6. The van der Waals surface area contributed by atoms with Crippen molar-refractivity contribution in [2.45, 2.75) is 11.8 Å². The van der Waals surface area contributed by atoms with Crippen LogP contribution in [0.2, 0.25) is 0 Å². The maximum atomic E-state index is 13.6. The number of piperazine rings is 1. The molecule has 5 rings (SSSR count). The second kappa shape index (κ2) is 7.58. The van der Waals surface area contributed by atoms with Gasteiger partial charge in [-0.15, -0.1) is 0 Å². The summed E-state index contributed by atoms with van der Waals surface area (Å²) in [4.78, 5) is 6.74. The van der Waals surface area contributed by atoms with Crippen molar-refractivity contribution in [3.63, 3.8) is 0 Å². The Balaban J connectivity index is 1.51. The van der Waals surface area contributed by atoms with Crippen molar-refractivity contribution < 1.29 is 12.8 Å². The van der Waals surface area contributed by atoms with Crippen molar-refractivity contribution in [3.8, 4) is 6.07 Å². The number of hydrogen-bond donors (Lipinski definition) is 0. The highest BCUT2D eigenvalue weighted by Gasteiger charge is 2.30. The van der Waals surface area contributed by atoms with Gasteiger partial charge in [0.2, 0.25) is 10.0 Å². The van der Waals surface area contributed by atoms with Gasteiger partial charge in [0.05, 0.1) is 21.5 Å². The third kappa shape index (κ3) is 3.20. The molecule has 0 bridgehead atoms. The molecule has 4 aromatic rings. The summed E-state index contributed by atoms with van der Waals surface area (Å²) in [5, 5.41) is 9.68. The van der Waals surface area contributed by atoms with Crippen LogP contribution < -0.4 is 4.90 Å². The zero-order chi connectivity index (χ0) is 22.5. The zero-order valence-corrected chi connectivity index (χ0v) is 18.2. The molecule has 0 unspecified atom stereocenters. The first-order valence-electron chi connectivity index (χ1n) is 10.2. The van der Waals surface area contributed by atoms with Crippen molar-refractivity contribution in [3.05, 3.63) is 71.5 Å². The molecule has 1 fully saturated rings. The van der Waals surface area contributed by atoms with Gasteiger partial charge in [0, 0.05) is 26.2 Å². The number of rotatable bonds is 3. The van der Waals surface area contributed by atoms with Crippen LogP contribution >= 0.6 is 0 Å². The van der Waals surface area contributed by atoms with Crippen LogP contribution in [-0.2, 0) is 10.0 Å². The SMILES string of the molecule is Cc1cc(N2CCN(S(=O)(=O)c3cccc(F)c3)CC2)n2c(nc3ccccc32)c1C#N. The summed E-state index contributed by atoms with van der Waals surface area (Å²) < 4.78 is 42.8. The molecule has 0 amide bonds. The predicted octanol–water partition coefficient (Wildman–Crippen LogP) is 3.32. The number of aryl methyl sites for hydroxylation is 1. The summed E-state index contributed by atoms with van der Waals surface area (Å²) in [6, 6.07) is 17.0. The summed E-state index contributed by atoms with van der Waals surface area (Å²) in [5.74, 6) is 0.292. The molecule has 7 nitrogen and oxygen atoms in total. The number of para-hydroxylation sites is 2. The molecule has 0 aliphatic carbocycles. The average molecular weight is 450 g/mol. The van der Waals surface area contributed by atoms with Crippen LogP contribution in [0.25, 0.3) is 16.7 Å². The number of sulfonamides is 1. The van der Waals surface area contributed by atoms with Crippen LogP contribution in [0.15, 0.2) is 59.5 Å². The lowest BCUT2D eigenvalue weighted by Crippen LogP contribution is -2.49. The van der Waals surface area contributed by atoms with E-state index in [0.29, 0.717) is 24.3 Å². The van der Waals surface area contributed by atoms with Crippen molar-refractivity contribution in [1.29, 1.82) is 5.26 Å². The summed E-state index contributed by atoms with van der Waals surface area (Å²) in [5.41, 5.74) is 3.63. The Kier molecular flexibility index (Phi) is 4.84. The standard InChI is InChI=1S/C23H20FN5O2S/c1-16-13-22(29-21-8-3-2-7-20(21)26-23(29)19(16)15-25)27-9-11-28(12-10-27)32(30,31)18-6-4-5-17(24)14-18/h2-8,13-14H,9-12H2,1H3. The number of fused-ring (bicyclic) bond motifs is 3. The van der Waals surface area contributed by atoms with Crippen molar-refractivity contribution in [2.75, 3.05) is 31.1 Å². The highest BCUT2D eigenvalue weighted by molar-refractivity contribution is 7.89. The van der Waals surface area contributed by atoms with Gasteiger partial charge in [0.25, 0.3) is 0 Å². The Hall–Kier alpha value is -3.48. The van der Waals surface area contributed by atoms with Gasteiger partial charge in [-0.1, -0.05) is 18.2 Å². The molecule has 162 valence electrons. The number of aromatic nitrogens is 2. The van der Waals surface area contributed by atoms with E-state index in [-0.39, 0.29) is 18.0 Å². The van der Waals surface area contributed by atoms with E-state index in [4.69, 9.17) is 0 Å². The van der Waals surface area contributed by atoms with Crippen molar-refractivity contribution in [2.24, 2.45) is 0 Å². The number of nitrogens with zero attached hydrogens (tertiary/aromatic N) is 5. The van der Waals surface area contributed by atoms with E-state index in [1.807, 2.05) is 41.7 Å². The Morgan fingerprint density at radius 1 is 1.03 bits per heavy atom. The van der Waals surface area contributed by atoms with Crippen LogP contribution in [0.5, 0.6) is 0 Å². The first-order chi connectivity index (χ1) is 15.4. The average Bonchev–Trinajstić information content (AvgIpc) is 3.18. The molecule has 0 N–H and O–H groups in total. The minimum Gasteiger partial charge on any atom is -0.355 e. The van der Waals surface area contributed by atoms with Crippen LogP contribution in [0.3, 0.4) is 0 Å². The lowest BCUT2D eigenvalue weighted by molar-refractivity contribution is 0.383. The molecule has 9 heteroatoms. The summed E-state index contributed by atoms with van der Waals surface area (Å²) in [7, 11) is -3.77. The quantitative estimate of drug-likeness (QED) is 0.479. The third-order valence-electron chi connectivity index (χ3n) is 5.86. The van der Waals surface area contributed by atoms with Crippen LogP contribution in [-0.4, -0.2) is 48.3 Å². The molecule has 3 heterocycles. The highest BCUT2D eigenvalue weighted by atomic mass is 32.2. The van der Waals surface area contributed by atoms with Gasteiger partial charge >= 0.3 is 0 Å². The topological polar surface area (TPSA) is 81.7 Å². The fourth-order valence-corrected chi connectivity index (χ4v) is 5.69.